The summed E-state index contributed by atoms with van der Waals surface area (Å²) in [6.07, 6.45) is 18.6. The summed E-state index contributed by atoms with van der Waals surface area (Å²) < 4.78 is 2.30. The van der Waals surface area contributed by atoms with Gasteiger partial charge in [0.2, 0.25) is 0 Å². The van der Waals surface area contributed by atoms with Crippen molar-refractivity contribution in [2.45, 2.75) is 20.3 Å². The third kappa shape index (κ3) is 6.09. The molecule has 0 atom stereocenters. The van der Waals surface area contributed by atoms with Gasteiger partial charge in [0, 0.05) is 81.2 Å². The molecule has 6 aromatic heterocycles. The predicted molar refractivity (Wildman–Crippen MR) is 250 cm³/mol. The van der Waals surface area contributed by atoms with Crippen molar-refractivity contribution in [3.63, 3.8) is 0 Å². The fourth-order valence-electron chi connectivity index (χ4n) is 8.88. The number of fused-ring (bicyclic) bond motifs is 5. The van der Waals surface area contributed by atoms with E-state index < -0.39 is 0 Å². The van der Waals surface area contributed by atoms with Crippen LogP contribution in [0.25, 0.3) is 88.7 Å². The largest absolute Gasteiger partial charge is 0.294 e. The van der Waals surface area contributed by atoms with Crippen molar-refractivity contribution in [3.05, 3.63) is 194 Å². The van der Waals surface area contributed by atoms with Crippen molar-refractivity contribution in [2.75, 3.05) is 4.90 Å². The molecule has 0 bridgehead atoms. The van der Waals surface area contributed by atoms with Gasteiger partial charge in [-0.1, -0.05) is 73.7 Å². The molecule has 7 nitrogen and oxygen atoms in total. The highest BCUT2D eigenvalue weighted by molar-refractivity contribution is 6.21. The zero-order chi connectivity index (χ0) is 40.9. The monoisotopic (exact) mass is 785 g/mol. The van der Waals surface area contributed by atoms with Gasteiger partial charge in [0.1, 0.15) is 11.6 Å². The normalized spacial score (nSPS) is 12.5. The summed E-state index contributed by atoms with van der Waals surface area (Å²) in [5.74, 6) is 1.66. The highest BCUT2D eigenvalue weighted by Gasteiger charge is 2.30. The van der Waals surface area contributed by atoms with Gasteiger partial charge in [-0.05, 0) is 120 Å². The number of hydrogen-bond acceptors (Lipinski definition) is 6. The first-order valence-corrected chi connectivity index (χ1v) is 20.6. The molecule has 0 saturated heterocycles. The molecule has 0 N–H and O–H groups in total. The summed E-state index contributed by atoms with van der Waals surface area (Å²) in [6, 6.07) is 47.2. The van der Waals surface area contributed by atoms with E-state index in [0.29, 0.717) is 0 Å². The first-order valence-electron chi connectivity index (χ1n) is 20.6. The number of anilines is 3. The summed E-state index contributed by atoms with van der Waals surface area (Å²) in [5, 5.41) is 4.54. The van der Waals surface area contributed by atoms with Crippen LogP contribution in [0, 0.1) is 0 Å². The molecular formula is C54H39N7. The van der Waals surface area contributed by atoms with Gasteiger partial charge in [-0.25, -0.2) is 9.97 Å². The molecule has 61 heavy (non-hydrogen) atoms. The first kappa shape index (κ1) is 36.1. The molecule has 0 aliphatic carbocycles. The minimum absolute atomic E-state index is 0.817. The molecule has 0 saturated carbocycles. The van der Waals surface area contributed by atoms with E-state index >= 15 is 0 Å². The number of allylic oxidation sites excluding steroid dienone is 4. The second-order valence-electron chi connectivity index (χ2n) is 15.2. The standard InChI is InChI=1S/C54H39N7/c1-3-5-12-35(4-2)38-19-24-52(58-33-38)60-48-23-18-36(46-15-6-8-27-56-46)29-43(48)45-30-44-42-22-21-40(47-16-7-9-28-57-47)41-14-10-17-49(54(41)42)61(50(44)31-51(45)60)53-25-20-39(34-59-53)37-13-11-26-55-32-37/h3,5-34H,4H2,1-2H3/b5-3-,35-12+. The molecular weight excluding hydrogens is 747 g/mol. The van der Waals surface area contributed by atoms with Crippen molar-refractivity contribution >= 4 is 55.3 Å². The Balaban J connectivity index is 1.19. The predicted octanol–water partition coefficient (Wildman–Crippen LogP) is 13.7. The minimum Gasteiger partial charge on any atom is -0.294 e. The Morgan fingerprint density at radius 2 is 1.33 bits per heavy atom. The van der Waals surface area contributed by atoms with Crippen molar-refractivity contribution in [3.8, 4) is 50.6 Å². The van der Waals surface area contributed by atoms with E-state index in [1.165, 1.54) is 5.57 Å². The van der Waals surface area contributed by atoms with E-state index in [-0.39, 0.29) is 0 Å². The quantitative estimate of drug-likeness (QED) is 0.143. The van der Waals surface area contributed by atoms with Crippen LogP contribution in [-0.4, -0.2) is 29.5 Å². The van der Waals surface area contributed by atoms with Crippen molar-refractivity contribution in [1.29, 1.82) is 0 Å². The maximum atomic E-state index is 5.17. The number of aromatic nitrogens is 6. The molecule has 4 aromatic carbocycles. The SMILES string of the molecule is C/C=C\C=C(/CC)c1ccc(-n2c3ccc(-c4ccccn4)cc3c3cc4c(cc32)N(c2ccc(-c3cccnc3)cn2)c2cccc3c(-c5ccccn5)ccc-4c23)nc1. The van der Waals surface area contributed by atoms with E-state index in [1.807, 2.05) is 68.2 Å². The zero-order valence-corrected chi connectivity index (χ0v) is 33.7. The molecule has 7 heteroatoms. The molecule has 290 valence electrons. The van der Waals surface area contributed by atoms with Gasteiger partial charge in [-0.3, -0.25) is 24.4 Å². The van der Waals surface area contributed by atoms with Gasteiger partial charge in [0.25, 0.3) is 0 Å². The van der Waals surface area contributed by atoms with Gasteiger partial charge in [0.05, 0.1) is 33.8 Å². The second-order valence-corrected chi connectivity index (χ2v) is 15.2. The summed E-state index contributed by atoms with van der Waals surface area (Å²) >= 11 is 0. The van der Waals surface area contributed by atoms with Gasteiger partial charge in [-0.15, -0.1) is 0 Å². The maximum absolute atomic E-state index is 5.17. The van der Waals surface area contributed by atoms with Crippen LogP contribution in [0.4, 0.5) is 17.2 Å². The number of nitrogens with zero attached hydrogens (tertiary/aromatic N) is 7. The first-order chi connectivity index (χ1) is 30.2. The lowest BCUT2D eigenvalue weighted by atomic mass is 9.87. The van der Waals surface area contributed by atoms with E-state index in [1.54, 1.807) is 6.20 Å². The maximum Gasteiger partial charge on any atom is 0.137 e. The lowest BCUT2D eigenvalue weighted by Gasteiger charge is -2.33. The summed E-state index contributed by atoms with van der Waals surface area (Å²) in [6.45, 7) is 4.22. The van der Waals surface area contributed by atoms with Gasteiger partial charge in [-0.2, -0.15) is 0 Å². The minimum atomic E-state index is 0.817. The Morgan fingerprint density at radius 1 is 0.541 bits per heavy atom. The summed E-state index contributed by atoms with van der Waals surface area (Å²) in [5.41, 5.74) is 14.9. The highest BCUT2D eigenvalue weighted by atomic mass is 15.2. The van der Waals surface area contributed by atoms with Crippen molar-refractivity contribution in [1.82, 2.24) is 29.5 Å². The molecule has 1 aliphatic heterocycles. The molecule has 10 aromatic rings. The number of hydrogen-bond donors (Lipinski definition) is 0. The Hall–Kier alpha value is -8.03. The molecule has 0 spiro atoms. The molecule has 0 amide bonds. The lowest BCUT2D eigenvalue weighted by molar-refractivity contribution is 1.07. The van der Waals surface area contributed by atoms with Crippen LogP contribution in [-0.2, 0) is 0 Å². The lowest BCUT2D eigenvalue weighted by Crippen LogP contribution is -2.16. The van der Waals surface area contributed by atoms with Gasteiger partial charge in [0.15, 0.2) is 0 Å². The molecule has 0 unspecified atom stereocenters. The number of benzene rings is 4. The molecule has 7 heterocycles. The zero-order valence-electron chi connectivity index (χ0n) is 33.7. The Morgan fingerprint density at radius 3 is 2.07 bits per heavy atom. The van der Waals surface area contributed by atoms with E-state index in [4.69, 9.17) is 19.9 Å². The van der Waals surface area contributed by atoms with Gasteiger partial charge < -0.3 is 0 Å². The van der Waals surface area contributed by atoms with Crippen LogP contribution in [0.5, 0.6) is 0 Å². The topological polar surface area (TPSA) is 72.6 Å². The summed E-state index contributed by atoms with van der Waals surface area (Å²) in [7, 11) is 0. The second kappa shape index (κ2) is 15.0. The van der Waals surface area contributed by atoms with Crippen LogP contribution in [0.2, 0.25) is 0 Å². The van der Waals surface area contributed by atoms with Crippen LogP contribution >= 0.6 is 0 Å². The van der Waals surface area contributed by atoms with Gasteiger partial charge >= 0.3 is 0 Å². The van der Waals surface area contributed by atoms with E-state index in [9.17, 15) is 0 Å². The third-order valence-electron chi connectivity index (χ3n) is 11.8. The molecule has 11 rings (SSSR count). The average molecular weight is 786 g/mol. The van der Waals surface area contributed by atoms with E-state index in [2.05, 4.69) is 143 Å². The molecule has 0 radical (unpaired) electrons. The molecule has 1 aliphatic rings. The fourth-order valence-corrected chi connectivity index (χ4v) is 8.88. The highest BCUT2D eigenvalue weighted by Crippen LogP contribution is 2.54. The summed E-state index contributed by atoms with van der Waals surface area (Å²) in [4.78, 5) is 26.5. The van der Waals surface area contributed by atoms with Crippen molar-refractivity contribution in [2.24, 2.45) is 0 Å². The van der Waals surface area contributed by atoms with E-state index in [0.717, 1.165) is 112 Å². The Bertz CT molecular complexity index is 3320. The van der Waals surface area contributed by atoms with Crippen LogP contribution in [0.3, 0.4) is 0 Å². The Kier molecular flexibility index (Phi) is 8.85. The fraction of sp³-hybridized carbons (Fsp3) is 0.0556. The van der Waals surface area contributed by atoms with Crippen LogP contribution in [0.1, 0.15) is 25.8 Å². The third-order valence-corrected chi connectivity index (χ3v) is 11.8. The van der Waals surface area contributed by atoms with Crippen molar-refractivity contribution < 1.29 is 0 Å². The van der Waals surface area contributed by atoms with Crippen LogP contribution in [0.15, 0.2) is 189 Å². The van der Waals surface area contributed by atoms with Crippen LogP contribution < -0.4 is 4.90 Å². The Labute approximate surface area is 353 Å². The number of pyridine rings is 5. The smallest absolute Gasteiger partial charge is 0.137 e. The molecule has 0 fully saturated rings. The average Bonchev–Trinajstić information content (AvgIpc) is 3.65. The number of rotatable bonds is 8.